The van der Waals surface area contributed by atoms with Gasteiger partial charge in [-0.2, -0.15) is 4.79 Å². The van der Waals surface area contributed by atoms with Gasteiger partial charge in [0.25, 0.3) is 14.1 Å². The standard InChI is InChI=1S/C37H46N2O6Si/c1-9-18-27-24-28(19-10-2)34(43-8)37(33(27)42-7,25-31(40)32(39-38)35(41)44-11-3)26-45-46(36(4,5)6,29-20-14-12-15-21-29)30-22-16-13-17-23-30/h9-10,12-17,20-23H,1-2,11,18-19,24-26H2,3-8H3. The number of hydrogen-bond acceptors (Lipinski definition) is 6. The smallest absolute Gasteiger partial charge is 0.441 e. The number of nitrogens with zero attached hydrogens (tertiary/aromatic N) is 2. The van der Waals surface area contributed by atoms with Crippen molar-refractivity contribution < 1.29 is 33.0 Å². The second-order valence-electron chi connectivity index (χ2n) is 12.2. The first kappa shape index (κ1) is 36.2. The third-order valence-corrected chi connectivity index (χ3v) is 13.4. The van der Waals surface area contributed by atoms with Crippen molar-refractivity contribution in [3.63, 3.8) is 0 Å². The van der Waals surface area contributed by atoms with Crippen molar-refractivity contribution in [3.8, 4) is 0 Å². The van der Waals surface area contributed by atoms with Crippen LogP contribution in [-0.4, -0.2) is 58.0 Å². The highest BCUT2D eigenvalue weighted by molar-refractivity contribution is 6.99. The van der Waals surface area contributed by atoms with E-state index in [1.54, 1.807) is 33.3 Å². The summed E-state index contributed by atoms with van der Waals surface area (Å²) in [4.78, 5) is 29.9. The highest BCUT2D eigenvalue weighted by Crippen LogP contribution is 2.51. The molecule has 9 heteroatoms. The number of allylic oxidation sites excluding steroid dienone is 4. The van der Waals surface area contributed by atoms with E-state index in [4.69, 9.17) is 18.6 Å². The van der Waals surface area contributed by atoms with E-state index < -0.39 is 31.2 Å². The highest BCUT2D eigenvalue weighted by Gasteiger charge is 2.56. The molecule has 0 saturated carbocycles. The van der Waals surface area contributed by atoms with E-state index >= 15 is 0 Å². The summed E-state index contributed by atoms with van der Waals surface area (Å²) >= 11 is 0. The molecule has 0 radical (unpaired) electrons. The molecule has 0 unspecified atom stereocenters. The maximum Gasteiger partial charge on any atom is 0.441 e. The van der Waals surface area contributed by atoms with Crippen LogP contribution in [0, 0.1) is 5.41 Å². The molecule has 0 fully saturated rings. The van der Waals surface area contributed by atoms with E-state index in [1.807, 2.05) is 36.4 Å². The molecule has 2 aromatic carbocycles. The molecule has 244 valence electrons. The van der Waals surface area contributed by atoms with Gasteiger partial charge in [-0.25, -0.2) is 4.79 Å². The quantitative estimate of drug-likeness (QED) is 0.0417. The molecule has 0 spiro atoms. The van der Waals surface area contributed by atoms with Crippen molar-refractivity contribution >= 4 is 36.2 Å². The molecular weight excluding hydrogens is 597 g/mol. The summed E-state index contributed by atoms with van der Waals surface area (Å²) in [7, 11) is -0.0378. The fourth-order valence-corrected chi connectivity index (χ4v) is 11.3. The first-order valence-corrected chi connectivity index (χ1v) is 17.3. The van der Waals surface area contributed by atoms with Crippen LogP contribution in [-0.2, 0) is 28.2 Å². The number of esters is 1. The lowest BCUT2D eigenvalue weighted by Gasteiger charge is -2.47. The molecule has 2 aromatic rings. The number of carbonyl (C=O) groups is 2. The zero-order chi connectivity index (χ0) is 34.0. The van der Waals surface area contributed by atoms with Crippen molar-refractivity contribution in [2.75, 3.05) is 27.4 Å². The summed E-state index contributed by atoms with van der Waals surface area (Å²) in [6, 6.07) is 20.3. The Bertz CT molecular complexity index is 1460. The van der Waals surface area contributed by atoms with E-state index in [2.05, 4.69) is 63.0 Å². The summed E-state index contributed by atoms with van der Waals surface area (Å²) in [5, 5.41) is 1.73. The zero-order valence-electron chi connectivity index (χ0n) is 27.9. The monoisotopic (exact) mass is 642 g/mol. The number of ether oxygens (including phenoxy) is 3. The van der Waals surface area contributed by atoms with E-state index in [9.17, 15) is 15.1 Å². The van der Waals surface area contributed by atoms with Crippen LogP contribution in [0.5, 0.6) is 0 Å². The van der Waals surface area contributed by atoms with Gasteiger partial charge in [-0.3, -0.25) is 4.79 Å². The first-order valence-electron chi connectivity index (χ1n) is 15.4. The average Bonchev–Trinajstić information content (AvgIpc) is 3.02. The third-order valence-electron chi connectivity index (χ3n) is 8.38. The van der Waals surface area contributed by atoms with Gasteiger partial charge in [0.05, 0.1) is 27.4 Å². The lowest BCUT2D eigenvalue weighted by atomic mass is 9.70. The number of benzene rings is 2. The van der Waals surface area contributed by atoms with Crippen molar-refractivity contribution in [2.45, 2.75) is 58.4 Å². The lowest BCUT2D eigenvalue weighted by molar-refractivity contribution is -0.142. The second kappa shape index (κ2) is 15.8. The van der Waals surface area contributed by atoms with Gasteiger partial charge >= 0.3 is 11.7 Å². The van der Waals surface area contributed by atoms with Crippen molar-refractivity contribution in [3.05, 3.63) is 114 Å². The van der Waals surface area contributed by atoms with Crippen LogP contribution in [0.25, 0.3) is 5.53 Å². The highest BCUT2D eigenvalue weighted by atomic mass is 28.4. The molecule has 1 aliphatic rings. The molecule has 3 rings (SSSR count). The molecule has 0 saturated heterocycles. The van der Waals surface area contributed by atoms with Gasteiger partial charge in [-0.05, 0) is 52.7 Å². The molecule has 0 aliphatic heterocycles. The van der Waals surface area contributed by atoms with Gasteiger partial charge in [0, 0.05) is 6.42 Å². The molecule has 1 aliphatic carbocycles. The Morgan fingerprint density at radius 2 is 1.39 bits per heavy atom. The molecule has 8 nitrogen and oxygen atoms in total. The maximum absolute atomic E-state index is 14.0. The van der Waals surface area contributed by atoms with E-state index in [1.165, 1.54) is 0 Å². The summed E-state index contributed by atoms with van der Waals surface area (Å²) in [5.74, 6) is -0.778. The van der Waals surface area contributed by atoms with E-state index in [0.29, 0.717) is 30.8 Å². The van der Waals surface area contributed by atoms with Crippen LogP contribution in [0.15, 0.2) is 109 Å². The van der Waals surface area contributed by atoms with Crippen LogP contribution >= 0.6 is 0 Å². The topological polar surface area (TPSA) is 107 Å². The van der Waals surface area contributed by atoms with Gasteiger partial charge < -0.3 is 24.2 Å². The predicted octanol–water partition coefficient (Wildman–Crippen LogP) is 6.10. The Morgan fingerprint density at radius 1 is 0.913 bits per heavy atom. The van der Waals surface area contributed by atoms with Gasteiger partial charge in [-0.1, -0.05) is 93.6 Å². The normalized spacial score (nSPS) is 14.7. The predicted molar refractivity (Wildman–Crippen MR) is 183 cm³/mol. The SMILES string of the molecule is C=CCC1=C(OC)C(CO[Si](c2ccccc2)(c2ccccc2)C(C)(C)C)(CC(=O)C(=[N+]=[N-])C(=O)OCC)C(OC)=C(CC=C)C1. The van der Waals surface area contributed by atoms with Gasteiger partial charge in [0.1, 0.15) is 16.9 Å². The zero-order valence-corrected chi connectivity index (χ0v) is 28.9. The van der Waals surface area contributed by atoms with Crippen LogP contribution in [0.3, 0.4) is 0 Å². The molecule has 0 N–H and O–H groups in total. The molecule has 0 bridgehead atoms. The van der Waals surface area contributed by atoms with Crippen LogP contribution in [0.2, 0.25) is 5.04 Å². The molecule has 0 heterocycles. The summed E-state index contributed by atoms with van der Waals surface area (Å²) in [6.45, 7) is 16.0. The van der Waals surface area contributed by atoms with Crippen LogP contribution in [0.1, 0.15) is 53.4 Å². The van der Waals surface area contributed by atoms with Gasteiger partial charge in [0.15, 0.2) is 0 Å². The van der Waals surface area contributed by atoms with Gasteiger partial charge in [-0.15, -0.1) is 13.2 Å². The Morgan fingerprint density at radius 3 is 1.76 bits per heavy atom. The minimum atomic E-state index is -3.15. The number of Topliss-reactive ketones (excluding diaryl/α,β-unsaturated/α-hetero) is 1. The second-order valence-corrected chi connectivity index (χ2v) is 16.5. The molecular formula is C37H46N2O6Si. The van der Waals surface area contributed by atoms with Crippen molar-refractivity contribution in [1.29, 1.82) is 0 Å². The Hall–Kier alpha value is -4.30. The lowest BCUT2D eigenvalue weighted by Crippen LogP contribution is -2.67. The summed E-state index contributed by atoms with van der Waals surface area (Å²) < 4.78 is 24.8. The minimum Gasteiger partial charge on any atom is -0.500 e. The number of methoxy groups -OCH3 is 2. The molecule has 0 atom stereocenters. The fourth-order valence-electron chi connectivity index (χ4n) is 6.66. The third kappa shape index (κ3) is 7.07. The van der Waals surface area contributed by atoms with Crippen LogP contribution in [0.4, 0.5) is 0 Å². The largest absolute Gasteiger partial charge is 0.500 e. The Labute approximate surface area is 274 Å². The molecule has 0 aromatic heterocycles. The van der Waals surface area contributed by atoms with Crippen LogP contribution < -0.4 is 10.4 Å². The number of carbonyl (C=O) groups excluding carboxylic acids is 2. The molecule has 0 amide bonds. The number of ketones is 1. The van der Waals surface area contributed by atoms with Crippen molar-refractivity contribution in [2.24, 2.45) is 5.41 Å². The van der Waals surface area contributed by atoms with E-state index in [0.717, 1.165) is 21.5 Å². The molecule has 46 heavy (non-hydrogen) atoms. The summed E-state index contributed by atoms with van der Waals surface area (Å²) in [5.41, 5.74) is 9.56. The fraction of sp³-hybridized carbons (Fsp3) is 0.378. The number of hydrogen-bond donors (Lipinski definition) is 0. The Kier molecular flexibility index (Phi) is 12.4. The van der Waals surface area contributed by atoms with E-state index in [-0.39, 0.29) is 24.7 Å². The number of rotatable bonds is 16. The van der Waals surface area contributed by atoms with Gasteiger partial charge in [0.2, 0.25) is 0 Å². The Balaban J connectivity index is 2.41. The maximum atomic E-state index is 14.0. The first-order chi connectivity index (χ1) is 22.0. The minimum absolute atomic E-state index is 0.00660. The summed E-state index contributed by atoms with van der Waals surface area (Å²) in [6.07, 6.45) is 4.69. The van der Waals surface area contributed by atoms with Crippen molar-refractivity contribution in [1.82, 2.24) is 0 Å². The average molecular weight is 643 g/mol.